The molecule has 8 heteroatoms. The number of likely N-dealkylation sites (tertiary alicyclic amines) is 1. The molecule has 2 aromatic rings. The summed E-state index contributed by atoms with van der Waals surface area (Å²) in [6.07, 6.45) is 6.03. The molecule has 2 aliphatic rings. The number of aromatic nitrogens is 2. The highest BCUT2D eigenvalue weighted by Crippen LogP contribution is 2.34. The van der Waals surface area contributed by atoms with E-state index in [-0.39, 0.29) is 10.6 Å². The fraction of sp³-hybridized carbons (Fsp3) is 0.500. The van der Waals surface area contributed by atoms with Crippen LogP contribution in [0.5, 0.6) is 0 Å². The van der Waals surface area contributed by atoms with Crippen molar-refractivity contribution in [2.75, 3.05) is 42.9 Å². The third-order valence-electron chi connectivity index (χ3n) is 5.58. The lowest BCUT2D eigenvalue weighted by molar-refractivity contribution is -0.383. The minimum atomic E-state index is -0.362. The Morgan fingerprint density at radius 2 is 1.86 bits per heavy atom. The number of nitrogens with zero attached hydrogens (tertiary/aromatic N) is 5. The van der Waals surface area contributed by atoms with Gasteiger partial charge in [0.05, 0.1) is 4.92 Å². The van der Waals surface area contributed by atoms with Crippen LogP contribution >= 0.6 is 0 Å². The normalized spacial score (nSPS) is 17.2. The summed E-state index contributed by atoms with van der Waals surface area (Å²) in [5.41, 5.74) is 2.47. The van der Waals surface area contributed by atoms with E-state index >= 15 is 0 Å². The van der Waals surface area contributed by atoms with Crippen molar-refractivity contribution in [3.05, 3.63) is 51.8 Å². The molecule has 0 radical (unpaired) electrons. The van der Waals surface area contributed by atoms with Crippen molar-refractivity contribution in [3.8, 4) is 0 Å². The monoisotopic (exact) mass is 382 g/mol. The van der Waals surface area contributed by atoms with Crippen LogP contribution in [0.1, 0.15) is 30.4 Å². The first kappa shape index (κ1) is 18.6. The Morgan fingerprint density at radius 1 is 1.07 bits per heavy atom. The molecule has 8 nitrogen and oxygen atoms in total. The molecular formula is C20H26N6O2. The standard InChI is InChI=1S/C20H26N6O2/c27-26(28)18-19(21-9-13-24-10-4-1-5-11-24)22-15-23-20(18)25-12-8-16-6-2-3-7-17(16)14-25/h2-3,6-7,15H,1,4-5,8-14H2,(H,21,22,23). The Hall–Kier alpha value is -2.74. The van der Waals surface area contributed by atoms with Gasteiger partial charge in [0.1, 0.15) is 6.33 Å². The number of piperidine rings is 1. The molecule has 0 spiro atoms. The first-order valence-electron chi connectivity index (χ1n) is 10.00. The molecule has 1 aromatic heterocycles. The average molecular weight is 382 g/mol. The molecule has 0 saturated carbocycles. The van der Waals surface area contributed by atoms with E-state index in [0.29, 0.717) is 31.3 Å². The van der Waals surface area contributed by atoms with Gasteiger partial charge in [-0.1, -0.05) is 30.7 Å². The smallest absolute Gasteiger partial charge is 0.353 e. The van der Waals surface area contributed by atoms with E-state index in [0.717, 1.165) is 26.1 Å². The van der Waals surface area contributed by atoms with Crippen molar-refractivity contribution in [1.29, 1.82) is 0 Å². The van der Waals surface area contributed by atoms with Crippen LogP contribution in [0.2, 0.25) is 0 Å². The van der Waals surface area contributed by atoms with Gasteiger partial charge in [0.25, 0.3) is 0 Å². The molecule has 1 N–H and O–H groups in total. The first-order valence-corrected chi connectivity index (χ1v) is 10.00. The molecule has 0 amide bonds. The lowest BCUT2D eigenvalue weighted by Gasteiger charge is -2.29. The van der Waals surface area contributed by atoms with E-state index in [2.05, 4.69) is 32.3 Å². The highest BCUT2D eigenvalue weighted by atomic mass is 16.6. The van der Waals surface area contributed by atoms with E-state index < -0.39 is 0 Å². The first-order chi connectivity index (χ1) is 13.7. The number of hydrogen-bond acceptors (Lipinski definition) is 7. The van der Waals surface area contributed by atoms with Crippen molar-refractivity contribution in [1.82, 2.24) is 14.9 Å². The molecule has 3 heterocycles. The van der Waals surface area contributed by atoms with Crippen molar-refractivity contribution in [3.63, 3.8) is 0 Å². The van der Waals surface area contributed by atoms with Gasteiger partial charge in [-0.25, -0.2) is 9.97 Å². The van der Waals surface area contributed by atoms with Crippen LogP contribution in [0.25, 0.3) is 0 Å². The fourth-order valence-corrected chi connectivity index (χ4v) is 4.09. The molecule has 1 saturated heterocycles. The van der Waals surface area contributed by atoms with Gasteiger partial charge in [-0.2, -0.15) is 0 Å². The lowest BCUT2D eigenvalue weighted by atomic mass is 10.00. The van der Waals surface area contributed by atoms with E-state index in [4.69, 9.17) is 0 Å². The zero-order valence-corrected chi connectivity index (χ0v) is 16.0. The molecule has 0 unspecified atom stereocenters. The molecule has 4 rings (SSSR count). The van der Waals surface area contributed by atoms with Crippen LogP contribution in [0, 0.1) is 10.1 Å². The molecular weight excluding hydrogens is 356 g/mol. The van der Waals surface area contributed by atoms with Crippen molar-refractivity contribution >= 4 is 17.3 Å². The predicted octanol–water partition coefficient (Wildman–Crippen LogP) is 2.85. The summed E-state index contributed by atoms with van der Waals surface area (Å²) >= 11 is 0. The van der Waals surface area contributed by atoms with E-state index in [1.807, 2.05) is 17.0 Å². The minimum absolute atomic E-state index is 0.0273. The van der Waals surface area contributed by atoms with Crippen molar-refractivity contribution < 1.29 is 4.92 Å². The summed E-state index contributed by atoms with van der Waals surface area (Å²) in [6.45, 7) is 5.05. The zero-order valence-electron chi connectivity index (χ0n) is 16.0. The number of fused-ring (bicyclic) bond motifs is 1. The largest absolute Gasteiger partial charge is 0.363 e. The van der Waals surface area contributed by atoms with Crippen LogP contribution in [0.4, 0.5) is 17.3 Å². The highest BCUT2D eigenvalue weighted by molar-refractivity contribution is 5.70. The van der Waals surface area contributed by atoms with Gasteiger partial charge >= 0.3 is 5.69 Å². The summed E-state index contributed by atoms with van der Waals surface area (Å²) < 4.78 is 0. The van der Waals surface area contributed by atoms with Crippen LogP contribution < -0.4 is 10.2 Å². The minimum Gasteiger partial charge on any atom is -0.363 e. The second-order valence-corrected chi connectivity index (χ2v) is 7.42. The molecule has 148 valence electrons. The molecule has 0 bridgehead atoms. The summed E-state index contributed by atoms with van der Waals surface area (Å²) in [5.74, 6) is 0.709. The second-order valence-electron chi connectivity index (χ2n) is 7.42. The maximum atomic E-state index is 11.8. The molecule has 2 aliphatic heterocycles. The molecule has 28 heavy (non-hydrogen) atoms. The Bertz CT molecular complexity index is 837. The van der Waals surface area contributed by atoms with Crippen LogP contribution in [-0.4, -0.2) is 52.5 Å². The van der Waals surface area contributed by atoms with Gasteiger partial charge in [-0.3, -0.25) is 10.1 Å². The number of anilines is 2. The summed E-state index contributed by atoms with van der Waals surface area (Å²) in [7, 11) is 0. The van der Waals surface area contributed by atoms with E-state index in [1.165, 1.54) is 36.7 Å². The predicted molar refractivity (Wildman–Crippen MR) is 109 cm³/mol. The highest BCUT2D eigenvalue weighted by Gasteiger charge is 2.29. The maximum absolute atomic E-state index is 11.8. The number of benzene rings is 1. The van der Waals surface area contributed by atoms with Crippen molar-refractivity contribution in [2.24, 2.45) is 0 Å². The summed E-state index contributed by atoms with van der Waals surface area (Å²) in [4.78, 5) is 24.3. The number of rotatable bonds is 6. The van der Waals surface area contributed by atoms with Gasteiger partial charge in [0, 0.05) is 26.2 Å². The number of nitrogens with one attached hydrogen (secondary N) is 1. The fourth-order valence-electron chi connectivity index (χ4n) is 4.09. The van der Waals surface area contributed by atoms with Crippen molar-refractivity contribution in [2.45, 2.75) is 32.2 Å². The number of nitro groups is 1. The topological polar surface area (TPSA) is 87.4 Å². The summed E-state index contributed by atoms with van der Waals surface area (Å²) in [5, 5.41) is 15.0. The van der Waals surface area contributed by atoms with Gasteiger partial charge in [-0.15, -0.1) is 0 Å². The SMILES string of the molecule is O=[N+]([O-])c1c(NCCN2CCCCC2)ncnc1N1CCc2ccccc2C1. The third-order valence-corrected chi connectivity index (χ3v) is 5.58. The van der Waals surface area contributed by atoms with Crippen LogP contribution in [0.3, 0.4) is 0 Å². The van der Waals surface area contributed by atoms with Gasteiger partial charge in [0.2, 0.25) is 11.6 Å². The summed E-state index contributed by atoms with van der Waals surface area (Å²) in [6, 6.07) is 8.23. The van der Waals surface area contributed by atoms with Crippen LogP contribution in [-0.2, 0) is 13.0 Å². The zero-order chi connectivity index (χ0) is 19.3. The molecule has 0 aliphatic carbocycles. The second kappa shape index (κ2) is 8.52. The van der Waals surface area contributed by atoms with Gasteiger partial charge in [-0.05, 0) is 43.5 Å². The molecule has 1 fully saturated rings. The Morgan fingerprint density at radius 3 is 2.64 bits per heavy atom. The average Bonchev–Trinajstić information content (AvgIpc) is 2.74. The third kappa shape index (κ3) is 4.06. The Balaban J connectivity index is 1.50. The maximum Gasteiger partial charge on any atom is 0.353 e. The molecule has 0 atom stereocenters. The van der Waals surface area contributed by atoms with E-state index in [1.54, 1.807) is 0 Å². The lowest BCUT2D eigenvalue weighted by Crippen LogP contribution is -2.34. The van der Waals surface area contributed by atoms with Crippen LogP contribution in [0.15, 0.2) is 30.6 Å². The quantitative estimate of drug-likeness (QED) is 0.607. The molecule has 1 aromatic carbocycles. The van der Waals surface area contributed by atoms with Gasteiger partial charge in [0.15, 0.2) is 0 Å². The number of hydrogen-bond donors (Lipinski definition) is 1. The van der Waals surface area contributed by atoms with E-state index in [9.17, 15) is 10.1 Å². The Kier molecular flexibility index (Phi) is 5.66. The Labute approximate surface area is 164 Å². The van der Waals surface area contributed by atoms with Gasteiger partial charge < -0.3 is 15.1 Å².